The number of amides is 1. The number of unbranched alkanes of at least 4 members (excludes halogenated alkanes) is 51. The van der Waals surface area contributed by atoms with Gasteiger partial charge in [0.15, 0.2) is 0 Å². The van der Waals surface area contributed by atoms with Gasteiger partial charge in [0.1, 0.15) is 0 Å². The van der Waals surface area contributed by atoms with E-state index in [9.17, 15) is 19.8 Å². The second kappa shape index (κ2) is 70.3. The molecule has 81 heavy (non-hydrogen) atoms. The monoisotopic (exact) mass is 1140 g/mol. The van der Waals surface area contributed by atoms with Crippen LogP contribution in [0.2, 0.25) is 0 Å². The lowest BCUT2D eigenvalue weighted by Crippen LogP contribution is -2.45. The summed E-state index contributed by atoms with van der Waals surface area (Å²) in [4.78, 5) is 24.6. The Morgan fingerprint density at radius 3 is 1.00 bits per heavy atom. The second-order valence-electron chi connectivity index (χ2n) is 24.9. The molecule has 0 saturated heterocycles. The van der Waals surface area contributed by atoms with Crippen molar-refractivity contribution in [2.75, 3.05) is 13.2 Å². The quantitative estimate of drug-likeness (QED) is 0.0320. The average molecular weight is 1140 g/mol. The van der Waals surface area contributed by atoms with Crippen LogP contribution in [0.15, 0.2) is 48.6 Å². The summed E-state index contributed by atoms with van der Waals surface area (Å²) < 4.78 is 5.48. The largest absolute Gasteiger partial charge is 0.466 e. The molecule has 0 aliphatic rings. The van der Waals surface area contributed by atoms with E-state index in [-0.39, 0.29) is 18.5 Å². The van der Waals surface area contributed by atoms with Gasteiger partial charge in [0.25, 0.3) is 0 Å². The van der Waals surface area contributed by atoms with Gasteiger partial charge in [0.2, 0.25) is 5.91 Å². The highest BCUT2D eigenvalue weighted by atomic mass is 16.5. The number of esters is 1. The lowest BCUT2D eigenvalue weighted by atomic mass is 10.0. The molecule has 0 heterocycles. The van der Waals surface area contributed by atoms with Gasteiger partial charge in [-0.3, -0.25) is 9.59 Å². The van der Waals surface area contributed by atoms with Gasteiger partial charge in [-0.2, -0.15) is 0 Å². The summed E-state index contributed by atoms with van der Waals surface area (Å²) in [6, 6.07) is -0.627. The minimum absolute atomic E-state index is 0.00261. The molecular weight excluding hydrogens is 995 g/mol. The minimum atomic E-state index is -0.844. The van der Waals surface area contributed by atoms with Crippen LogP contribution in [-0.2, 0) is 14.3 Å². The zero-order valence-electron chi connectivity index (χ0n) is 54.5. The Kier molecular flexibility index (Phi) is 68.4. The summed E-state index contributed by atoms with van der Waals surface area (Å²) in [5.41, 5.74) is 0. The predicted octanol–water partition coefficient (Wildman–Crippen LogP) is 23.6. The van der Waals surface area contributed by atoms with Crippen LogP contribution in [0, 0.1) is 0 Å². The lowest BCUT2D eigenvalue weighted by molar-refractivity contribution is -0.143. The summed E-state index contributed by atoms with van der Waals surface area (Å²) in [6.07, 6.45) is 92.0. The van der Waals surface area contributed by atoms with Gasteiger partial charge in [-0.1, -0.05) is 345 Å². The molecular formula is C75H141NO5. The maximum absolute atomic E-state index is 12.5. The van der Waals surface area contributed by atoms with Crippen molar-refractivity contribution in [3.05, 3.63) is 48.6 Å². The number of carbonyl (C=O) groups is 2. The maximum Gasteiger partial charge on any atom is 0.305 e. The van der Waals surface area contributed by atoms with Crippen LogP contribution in [0.5, 0.6) is 0 Å². The Morgan fingerprint density at radius 1 is 0.346 bits per heavy atom. The van der Waals surface area contributed by atoms with Gasteiger partial charge in [0.05, 0.1) is 25.4 Å². The molecule has 0 radical (unpaired) electrons. The summed E-state index contributed by atoms with van der Waals surface area (Å²) in [5.74, 6) is -0.0596. The van der Waals surface area contributed by atoms with Crippen LogP contribution in [0.25, 0.3) is 0 Å². The smallest absolute Gasteiger partial charge is 0.305 e. The number of hydrogen-bond acceptors (Lipinski definition) is 5. The summed E-state index contributed by atoms with van der Waals surface area (Å²) in [6.45, 7) is 4.87. The Morgan fingerprint density at radius 2 is 0.642 bits per heavy atom. The first-order valence-corrected chi connectivity index (χ1v) is 36.4. The van der Waals surface area contributed by atoms with Crippen LogP contribution in [0.1, 0.15) is 393 Å². The molecule has 0 fully saturated rings. The Bertz CT molecular complexity index is 1360. The fourth-order valence-electron chi connectivity index (χ4n) is 11.3. The van der Waals surface area contributed by atoms with Crippen molar-refractivity contribution in [3.63, 3.8) is 0 Å². The van der Waals surface area contributed by atoms with Gasteiger partial charge in [-0.25, -0.2) is 0 Å². The molecule has 3 N–H and O–H groups in total. The third kappa shape index (κ3) is 66.8. The SMILES string of the molecule is CCC/C=C\C/C=C\CCCCCCCC(=O)OCCCCCCCCCCCCCC/C=C\CCCCCCCCCCCCCCCCCCC(=O)NC(CO)C(O)/C=C/CCCCCCCCCCCCCCCCCCC. The zero-order chi connectivity index (χ0) is 58.5. The van der Waals surface area contributed by atoms with Crippen LogP contribution >= 0.6 is 0 Å². The molecule has 0 rings (SSSR count). The summed E-state index contributed by atoms with van der Waals surface area (Å²) in [7, 11) is 0. The van der Waals surface area contributed by atoms with Gasteiger partial charge in [0, 0.05) is 12.8 Å². The molecule has 0 aliphatic carbocycles. The molecule has 0 bridgehead atoms. The van der Waals surface area contributed by atoms with Crippen molar-refractivity contribution in [1.29, 1.82) is 0 Å². The summed E-state index contributed by atoms with van der Waals surface area (Å²) in [5, 5.41) is 23.2. The Labute approximate surface area is 506 Å². The standard InChI is InChI=1S/C75H141NO5/c1-3-5-7-9-11-13-15-17-18-19-34-37-40-44-47-51-55-59-63-67-73(78)72(71-77)76-74(79)68-64-60-56-52-48-45-41-38-35-32-30-28-26-24-22-20-21-23-25-27-29-31-33-36-39-42-46-50-54-58-62-66-70-81-75(80)69-65-61-57-53-49-43-16-14-12-10-8-6-4-2/h8,10,14,16,23,25,63,67,72-73,77-78H,3-7,9,11-13,15,17-22,24,26-62,64-66,68-71H2,1-2H3,(H,76,79)/b10-8-,16-14-,25-23-,67-63+. The molecule has 2 atom stereocenters. The molecule has 6 heteroatoms. The van der Waals surface area contributed by atoms with E-state index < -0.39 is 12.1 Å². The van der Waals surface area contributed by atoms with Gasteiger partial charge in [-0.15, -0.1) is 0 Å². The first-order valence-electron chi connectivity index (χ1n) is 36.4. The summed E-state index contributed by atoms with van der Waals surface area (Å²) >= 11 is 0. The minimum Gasteiger partial charge on any atom is -0.466 e. The van der Waals surface area contributed by atoms with Crippen molar-refractivity contribution in [2.24, 2.45) is 0 Å². The maximum atomic E-state index is 12.5. The number of ether oxygens (including phenoxy) is 1. The van der Waals surface area contributed by atoms with E-state index >= 15 is 0 Å². The number of aliphatic hydroxyl groups excluding tert-OH is 2. The van der Waals surface area contributed by atoms with E-state index in [0.717, 1.165) is 51.4 Å². The van der Waals surface area contributed by atoms with Gasteiger partial charge < -0.3 is 20.3 Å². The van der Waals surface area contributed by atoms with E-state index in [4.69, 9.17) is 4.74 Å². The second-order valence-corrected chi connectivity index (χ2v) is 24.9. The number of allylic oxidation sites excluding steroid dienone is 7. The molecule has 0 spiro atoms. The molecule has 6 nitrogen and oxygen atoms in total. The third-order valence-corrected chi connectivity index (χ3v) is 16.8. The van der Waals surface area contributed by atoms with Gasteiger partial charge >= 0.3 is 5.97 Å². The lowest BCUT2D eigenvalue weighted by Gasteiger charge is -2.20. The molecule has 1 amide bonds. The molecule has 0 aromatic heterocycles. The van der Waals surface area contributed by atoms with Crippen molar-refractivity contribution >= 4 is 11.9 Å². The van der Waals surface area contributed by atoms with Crippen molar-refractivity contribution < 1.29 is 24.5 Å². The van der Waals surface area contributed by atoms with Crippen LogP contribution in [-0.4, -0.2) is 47.4 Å². The Balaban J connectivity index is 3.38. The van der Waals surface area contributed by atoms with Crippen LogP contribution < -0.4 is 5.32 Å². The molecule has 2 unspecified atom stereocenters. The van der Waals surface area contributed by atoms with Crippen LogP contribution in [0.3, 0.4) is 0 Å². The fourth-order valence-corrected chi connectivity index (χ4v) is 11.3. The third-order valence-electron chi connectivity index (χ3n) is 16.8. The molecule has 0 aliphatic heterocycles. The first kappa shape index (κ1) is 78.8. The fraction of sp³-hybridized carbons (Fsp3) is 0.867. The average Bonchev–Trinajstić information content (AvgIpc) is 3.47. The van der Waals surface area contributed by atoms with E-state index in [2.05, 4.69) is 55.6 Å². The van der Waals surface area contributed by atoms with E-state index in [0.29, 0.717) is 19.4 Å². The predicted molar refractivity (Wildman–Crippen MR) is 356 cm³/mol. The molecule has 0 saturated carbocycles. The zero-order valence-corrected chi connectivity index (χ0v) is 54.5. The van der Waals surface area contributed by atoms with Crippen molar-refractivity contribution in [1.82, 2.24) is 5.32 Å². The first-order chi connectivity index (χ1) is 40.0. The highest BCUT2D eigenvalue weighted by Crippen LogP contribution is 2.18. The number of hydrogen-bond donors (Lipinski definition) is 3. The number of aliphatic hydroxyl groups is 2. The van der Waals surface area contributed by atoms with Crippen molar-refractivity contribution in [2.45, 2.75) is 405 Å². The normalized spacial score (nSPS) is 12.8. The molecule has 476 valence electrons. The van der Waals surface area contributed by atoms with E-state index in [1.807, 2.05) is 6.08 Å². The number of rotatable bonds is 68. The van der Waals surface area contributed by atoms with Crippen LogP contribution in [0.4, 0.5) is 0 Å². The highest BCUT2D eigenvalue weighted by molar-refractivity contribution is 5.76. The van der Waals surface area contributed by atoms with Gasteiger partial charge in [-0.05, 0) is 83.5 Å². The molecule has 0 aromatic carbocycles. The Hall–Kier alpha value is -2.18. The van der Waals surface area contributed by atoms with E-state index in [1.165, 1.54) is 315 Å². The van der Waals surface area contributed by atoms with E-state index in [1.54, 1.807) is 6.08 Å². The topological polar surface area (TPSA) is 95.9 Å². The molecule has 0 aromatic rings. The highest BCUT2D eigenvalue weighted by Gasteiger charge is 2.18. The number of nitrogens with one attached hydrogen (secondary N) is 1. The van der Waals surface area contributed by atoms with Crippen molar-refractivity contribution in [3.8, 4) is 0 Å². The number of carbonyl (C=O) groups excluding carboxylic acids is 2.